The predicted octanol–water partition coefficient (Wildman–Crippen LogP) is 4.40. The summed E-state index contributed by atoms with van der Waals surface area (Å²) in [7, 11) is 1.83. The smallest absolute Gasteiger partial charge is 0.147 e. The Morgan fingerprint density at radius 1 is 1.14 bits per heavy atom. The number of hydrogen-bond donors (Lipinski definition) is 1. The van der Waals surface area contributed by atoms with Gasteiger partial charge in [0.2, 0.25) is 0 Å². The Kier molecular flexibility index (Phi) is 4.91. The van der Waals surface area contributed by atoms with E-state index in [9.17, 15) is 8.78 Å². The average molecular weight is 290 g/mol. The van der Waals surface area contributed by atoms with Crippen molar-refractivity contribution >= 4 is 11.4 Å². The maximum atomic E-state index is 14.4. The summed E-state index contributed by atoms with van der Waals surface area (Å²) in [5, 5.41) is 3.12. The topological polar surface area (TPSA) is 15.3 Å². The quantitative estimate of drug-likeness (QED) is 0.878. The zero-order valence-corrected chi connectivity index (χ0v) is 12.5. The van der Waals surface area contributed by atoms with Crippen molar-refractivity contribution in [2.45, 2.75) is 19.9 Å². The van der Waals surface area contributed by atoms with Gasteiger partial charge in [0.1, 0.15) is 11.6 Å². The third-order valence-electron chi connectivity index (χ3n) is 3.62. The number of nitrogens with one attached hydrogen (secondary N) is 1. The number of nitrogens with zero attached hydrogens (tertiary/aromatic N) is 1. The minimum absolute atomic E-state index is 0.00157. The van der Waals surface area contributed by atoms with Crippen LogP contribution >= 0.6 is 0 Å². The predicted molar refractivity (Wildman–Crippen MR) is 83.0 cm³/mol. The Morgan fingerprint density at radius 2 is 1.86 bits per heavy atom. The van der Waals surface area contributed by atoms with E-state index >= 15 is 0 Å². The van der Waals surface area contributed by atoms with Gasteiger partial charge in [-0.2, -0.15) is 0 Å². The molecule has 1 N–H and O–H groups in total. The fraction of sp³-hybridized carbons (Fsp3) is 0.294. The summed E-state index contributed by atoms with van der Waals surface area (Å²) in [4.78, 5) is 1.79. The summed E-state index contributed by atoms with van der Waals surface area (Å²) < 4.78 is 27.9. The fourth-order valence-electron chi connectivity index (χ4n) is 2.44. The molecule has 0 fully saturated rings. The number of benzene rings is 2. The summed E-state index contributed by atoms with van der Waals surface area (Å²) in [5.41, 5.74) is 1.99. The highest BCUT2D eigenvalue weighted by Gasteiger charge is 2.19. The van der Waals surface area contributed by atoms with Crippen molar-refractivity contribution in [3.63, 3.8) is 0 Å². The SMILES string of the molecule is CCN(c1cccc(F)c1)c1c(F)cccc1C(C)NC. The highest BCUT2D eigenvalue weighted by atomic mass is 19.1. The Hall–Kier alpha value is -1.94. The van der Waals surface area contributed by atoms with Crippen LogP contribution in [0.2, 0.25) is 0 Å². The Morgan fingerprint density at radius 3 is 2.48 bits per heavy atom. The van der Waals surface area contributed by atoms with E-state index in [0.717, 1.165) is 5.56 Å². The summed E-state index contributed by atoms with van der Waals surface area (Å²) in [6.07, 6.45) is 0. The normalized spacial score (nSPS) is 12.2. The zero-order valence-electron chi connectivity index (χ0n) is 12.5. The lowest BCUT2D eigenvalue weighted by Gasteiger charge is -2.28. The van der Waals surface area contributed by atoms with E-state index in [0.29, 0.717) is 17.9 Å². The van der Waals surface area contributed by atoms with Crippen LogP contribution in [0.3, 0.4) is 0 Å². The highest BCUT2D eigenvalue weighted by Crippen LogP contribution is 2.34. The lowest BCUT2D eigenvalue weighted by molar-refractivity contribution is 0.605. The van der Waals surface area contributed by atoms with Gasteiger partial charge < -0.3 is 10.2 Å². The molecule has 0 radical (unpaired) electrons. The van der Waals surface area contributed by atoms with Crippen LogP contribution in [0.1, 0.15) is 25.5 Å². The van der Waals surface area contributed by atoms with Crippen LogP contribution in [0.15, 0.2) is 42.5 Å². The summed E-state index contributed by atoms with van der Waals surface area (Å²) in [6.45, 7) is 4.44. The molecule has 1 unspecified atom stereocenters. The number of para-hydroxylation sites is 1. The molecular weight excluding hydrogens is 270 g/mol. The molecule has 0 aromatic heterocycles. The second-order valence-electron chi connectivity index (χ2n) is 4.91. The van der Waals surface area contributed by atoms with Gasteiger partial charge in [-0.05, 0) is 50.7 Å². The Labute approximate surface area is 124 Å². The van der Waals surface area contributed by atoms with E-state index in [2.05, 4.69) is 5.32 Å². The molecule has 21 heavy (non-hydrogen) atoms. The van der Waals surface area contributed by atoms with Gasteiger partial charge in [-0.3, -0.25) is 0 Å². The van der Waals surface area contributed by atoms with E-state index in [-0.39, 0.29) is 17.7 Å². The van der Waals surface area contributed by atoms with Crippen molar-refractivity contribution in [2.75, 3.05) is 18.5 Å². The fourth-order valence-corrected chi connectivity index (χ4v) is 2.44. The second-order valence-corrected chi connectivity index (χ2v) is 4.91. The molecule has 2 nitrogen and oxygen atoms in total. The van der Waals surface area contributed by atoms with Crippen molar-refractivity contribution in [1.29, 1.82) is 0 Å². The van der Waals surface area contributed by atoms with Gasteiger partial charge in [0.15, 0.2) is 0 Å². The maximum absolute atomic E-state index is 14.4. The highest BCUT2D eigenvalue weighted by molar-refractivity contribution is 5.67. The Balaban J connectivity index is 2.57. The molecule has 0 saturated heterocycles. The van der Waals surface area contributed by atoms with Gasteiger partial charge in [0.05, 0.1) is 5.69 Å². The van der Waals surface area contributed by atoms with Crippen molar-refractivity contribution in [3.8, 4) is 0 Å². The van der Waals surface area contributed by atoms with Gasteiger partial charge in [0, 0.05) is 18.3 Å². The number of anilines is 2. The standard InChI is InChI=1S/C17H20F2N2/c1-4-21(14-8-5-7-13(18)11-14)17-15(12(2)20-3)9-6-10-16(17)19/h5-12,20H,4H2,1-3H3. The largest absolute Gasteiger partial charge is 0.339 e. The first-order chi connectivity index (χ1) is 10.1. The lowest BCUT2D eigenvalue weighted by Crippen LogP contribution is -2.22. The molecule has 0 aliphatic heterocycles. The molecule has 2 aromatic carbocycles. The van der Waals surface area contributed by atoms with E-state index in [1.165, 1.54) is 18.2 Å². The first-order valence-electron chi connectivity index (χ1n) is 7.07. The molecular formula is C17H20F2N2. The first kappa shape index (κ1) is 15.4. The molecule has 0 saturated carbocycles. The van der Waals surface area contributed by atoms with E-state index in [4.69, 9.17) is 0 Å². The van der Waals surface area contributed by atoms with Crippen LogP contribution in [0.25, 0.3) is 0 Å². The van der Waals surface area contributed by atoms with Gasteiger partial charge in [-0.15, -0.1) is 0 Å². The monoisotopic (exact) mass is 290 g/mol. The van der Waals surface area contributed by atoms with E-state index < -0.39 is 0 Å². The van der Waals surface area contributed by atoms with Crippen LogP contribution < -0.4 is 10.2 Å². The van der Waals surface area contributed by atoms with Crippen LogP contribution in [0.4, 0.5) is 20.2 Å². The van der Waals surface area contributed by atoms with E-state index in [1.54, 1.807) is 23.1 Å². The van der Waals surface area contributed by atoms with Gasteiger partial charge in [-0.25, -0.2) is 8.78 Å². The molecule has 1 atom stereocenters. The van der Waals surface area contributed by atoms with Gasteiger partial charge in [0.25, 0.3) is 0 Å². The molecule has 0 aliphatic rings. The molecule has 2 rings (SSSR count). The molecule has 0 spiro atoms. The molecule has 112 valence electrons. The van der Waals surface area contributed by atoms with Gasteiger partial charge >= 0.3 is 0 Å². The number of rotatable bonds is 5. The van der Waals surface area contributed by atoms with Crippen molar-refractivity contribution in [2.24, 2.45) is 0 Å². The Bertz CT molecular complexity index is 613. The third kappa shape index (κ3) is 3.22. The molecule has 0 heterocycles. The molecule has 0 aliphatic carbocycles. The third-order valence-corrected chi connectivity index (χ3v) is 3.62. The summed E-state index contributed by atoms with van der Waals surface area (Å²) in [5.74, 6) is -0.633. The summed E-state index contributed by atoms with van der Waals surface area (Å²) >= 11 is 0. The van der Waals surface area contributed by atoms with Crippen molar-refractivity contribution in [3.05, 3.63) is 59.7 Å². The van der Waals surface area contributed by atoms with Crippen molar-refractivity contribution < 1.29 is 8.78 Å². The van der Waals surface area contributed by atoms with Crippen LogP contribution in [-0.4, -0.2) is 13.6 Å². The average Bonchev–Trinajstić information content (AvgIpc) is 2.49. The zero-order chi connectivity index (χ0) is 15.4. The molecule has 0 bridgehead atoms. The minimum atomic E-state index is -0.328. The molecule has 4 heteroatoms. The maximum Gasteiger partial charge on any atom is 0.147 e. The lowest BCUT2D eigenvalue weighted by atomic mass is 10.0. The van der Waals surface area contributed by atoms with Crippen LogP contribution in [0.5, 0.6) is 0 Å². The summed E-state index contributed by atoms with van der Waals surface area (Å²) in [6, 6.07) is 11.2. The minimum Gasteiger partial charge on any atom is -0.339 e. The molecule has 2 aromatic rings. The van der Waals surface area contributed by atoms with Gasteiger partial charge in [-0.1, -0.05) is 18.2 Å². The number of hydrogen-bond acceptors (Lipinski definition) is 2. The first-order valence-corrected chi connectivity index (χ1v) is 7.07. The van der Waals surface area contributed by atoms with Crippen molar-refractivity contribution in [1.82, 2.24) is 5.32 Å². The second kappa shape index (κ2) is 6.68. The molecule has 0 amide bonds. The van der Waals surface area contributed by atoms with E-state index in [1.807, 2.05) is 27.0 Å². The number of halogens is 2. The van der Waals surface area contributed by atoms with Crippen LogP contribution in [-0.2, 0) is 0 Å². The van der Waals surface area contributed by atoms with Crippen LogP contribution in [0, 0.1) is 11.6 Å².